The number of nitrogens with two attached hydrogens (primary N) is 1. The highest BCUT2D eigenvalue weighted by Gasteiger charge is 2.27. The summed E-state index contributed by atoms with van der Waals surface area (Å²) >= 11 is 0. The molecule has 2 saturated carbocycles. The molecule has 2 aliphatic carbocycles. The molecule has 0 bridgehead atoms. The van der Waals surface area contributed by atoms with Crippen LogP contribution in [-0.4, -0.2) is 19.3 Å². The first kappa shape index (κ1) is 10.4. The number of ether oxygens (including phenoxy) is 1. The molecule has 0 amide bonds. The van der Waals surface area contributed by atoms with Gasteiger partial charge in [0.05, 0.1) is 6.10 Å². The second kappa shape index (κ2) is 5.13. The van der Waals surface area contributed by atoms with Crippen molar-refractivity contribution < 1.29 is 4.74 Å². The minimum absolute atomic E-state index is 0.475. The monoisotopic (exact) mass is 197 g/mol. The Labute approximate surface area is 87.2 Å². The quantitative estimate of drug-likeness (QED) is 0.702. The topological polar surface area (TPSA) is 35.2 Å². The summed E-state index contributed by atoms with van der Waals surface area (Å²) in [6, 6.07) is 0. The van der Waals surface area contributed by atoms with Gasteiger partial charge < -0.3 is 10.5 Å². The summed E-state index contributed by atoms with van der Waals surface area (Å²) in [6.07, 6.45) is 9.85. The van der Waals surface area contributed by atoms with E-state index < -0.39 is 0 Å². The van der Waals surface area contributed by atoms with Crippen LogP contribution in [0.3, 0.4) is 0 Å². The molecule has 14 heavy (non-hydrogen) atoms. The van der Waals surface area contributed by atoms with Crippen LogP contribution in [0, 0.1) is 11.8 Å². The summed E-state index contributed by atoms with van der Waals surface area (Å²) < 4.78 is 6.01. The van der Waals surface area contributed by atoms with Gasteiger partial charge in [0.2, 0.25) is 0 Å². The van der Waals surface area contributed by atoms with E-state index >= 15 is 0 Å². The number of rotatable bonds is 4. The molecular formula is C12H23NO. The molecule has 82 valence electrons. The molecule has 2 rings (SSSR count). The van der Waals surface area contributed by atoms with Crippen LogP contribution in [0.1, 0.15) is 44.9 Å². The molecule has 2 unspecified atom stereocenters. The molecule has 2 N–H and O–H groups in total. The third-order valence-corrected chi connectivity index (χ3v) is 3.64. The minimum Gasteiger partial charge on any atom is -0.378 e. The van der Waals surface area contributed by atoms with Crippen LogP contribution in [-0.2, 0) is 4.74 Å². The fourth-order valence-electron chi connectivity index (χ4n) is 2.38. The van der Waals surface area contributed by atoms with Crippen LogP contribution in [0.4, 0.5) is 0 Å². The molecule has 0 aromatic heterocycles. The Morgan fingerprint density at radius 2 is 1.79 bits per heavy atom. The molecule has 0 heterocycles. The van der Waals surface area contributed by atoms with Gasteiger partial charge >= 0.3 is 0 Å². The van der Waals surface area contributed by atoms with Crippen molar-refractivity contribution in [3.8, 4) is 0 Å². The molecule has 2 aliphatic rings. The fourth-order valence-corrected chi connectivity index (χ4v) is 2.38. The predicted molar refractivity (Wildman–Crippen MR) is 58.1 cm³/mol. The zero-order valence-corrected chi connectivity index (χ0v) is 9.08. The van der Waals surface area contributed by atoms with Crippen LogP contribution in [0.2, 0.25) is 0 Å². The predicted octanol–water partition coefficient (Wildman–Crippen LogP) is 2.32. The van der Waals surface area contributed by atoms with Gasteiger partial charge in [-0.3, -0.25) is 0 Å². The van der Waals surface area contributed by atoms with Crippen molar-refractivity contribution in [2.24, 2.45) is 17.6 Å². The van der Waals surface area contributed by atoms with Gasteiger partial charge in [0.1, 0.15) is 0 Å². The highest BCUT2D eigenvalue weighted by atomic mass is 16.5. The Bertz CT molecular complexity index is 168. The van der Waals surface area contributed by atoms with E-state index in [1.807, 2.05) is 0 Å². The van der Waals surface area contributed by atoms with Crippen molar-refractivity contribution in [2.75, 3.05) is 13.2 Å². The van der Waals surface area contributed by atoms with Gasteiger partial charge in [-0.1, -0.05) is 19.3 Å². The summed E-state index contributed by atoms with van der Waals surface area (Å²) in [4.78, 5) is 0. The fraction of sp³-hybridized carbons (Fsp3) is 1.00. The van der Waals surface area contributed by atoms with Crippen LogP contribution >= 0.6 is 0 Å². The summed E-state index contributed by atoms with van der Waals surface area (Å²) in [5.74, 6) is 1.52. The average molecular weight is 197 g/mol. The number of hydrogen-bond acceptors (Lipinski definition) is 2. The second-order valence-electron chi connectivity index (χ2n) is 4.95. The molecule has 2 atom stereocenters. The summed E-state index contributed by atoms with van der Waals surface area (Å²) in [5, 5.41) is 0. The van der Waals surface area contributed by atoms with Gasteiger partial charge in [0.15, 0.2) is 0 Å². The lowest BCUT2D eigenvalue weighted by molar-refractivity contribution is 0.00468. The highest BCUT2D eigenvalue weighted by molar-refractivity contribution is 4.78. The highest BCUT2D eigenvalue weighted by Crippen LogP contribution is 2.31. The third kappa shape index (κ3) is 2.96. The van der Waals surface area contributed by atoms with Gasteiger partial charge in [-0.15, -0.1) is 0 Å². The van der Waals surface area contributed by atoms with Crippen molar-refractivity contribution >= 4 is 0 Å². The zero-order chi connectivity index (χ0) is 9.80. The normalized spacial score (nSPS) is 34.1. The van der Waals surface area contributed by atoms with Crippen molar-refractivity contribution in [3.63, 3.8) is 0 Å². The molecule has 0 radical (unpaired) electrons. The van der Waals surface area contributed by atoms with Crippen molar-refractivity contribution in [1.82, 2.24) is 0 Å². The van der Waals surface area contributed by atoms with Crippen LogP contribution in [0.25, 0.3) is 0 Å². The van der Waals surface area contributed by atoms with Gasteiger partial charge in [-0.25, -0.2) is 0 Å². The van der Waals surface area contributed by atoms with E-state index in [4.69, 9.17) is 10.5 Å². The first-order valence-electron chi connectivity index (χ1n) is 6.22. The second-order valence-corrected chi connectivity index (χ2v) is 4.95. The third-order valence-electron chi connectivity index (χ3n) is 3.64. The molecule has 0 aromatic carbocycles. The van der Waals surface area contributed by atoms with E-state index in [0.29, 0.717) is 12.0 Å². The molecule has 0 aromatic rings. The van der Waals surface area contributed by atoms with E-state index in [9.17, 15) is 0 Å². The number of hydrogen-bond donors (Lipinski definition) is 1. The lowest BCUT2D eigenvalue weighted by atomic mass is 9.97. The molecule has 2 nitrogen and oxygen atoms in total. The van der Waals surface area contributed by atoms with E-state index in [0.717, 1.165) is 19.1 Å². The lowest BCUT2D eigenvalue weighted by Crippen LogP contribution is -2.30. The Balaban J connectivity index is 1.77. The summed E-state index contributed by atoms with van der Waals surface area (Å²) in [6.45, 7) is 1.82. The van der Waals surface area contributed by atoms with E-state index in [1.165, 1.54) is 44.9 Å². The van der Waals surface area contributed by atoms with Crippen molar-refractivity contribution in [2.45, 2.75) is 51.0 Å². The Morgan fingerprint density at radius 1 is 1.00 bits per heavy atom. The first-order chi connectivity index (χ1) is 6.90. The molecular weight excluding hydrogens is 174 g/mol. The maximum Gasteiger partial charge on any atom is 0.0615 e. The largest absolute Gasteiger partial charge is 0.378 e. The summed E-state index contributed by atoms with van der Waals surface area (Å²) in [7, 11) is 0. The molecule has 0 aliphatic heterocycles. The van der Waals surface area contributed by atoms with Gasteiger partial charge in [0, 0.05) is 6.61 Å². The molecule has 2 fully saturated rings. The standard InChI is InChI=1S/C12H23NO/c13-8-11-4-2-1-3-5-12(11)14-9-10-6-7-10/h10-12H,1-9,13H2. The zero-order valence-electron chi connectivity index (χ0n) is 9.08. The van der Waals surface area contributed by atoms with Crippen LogP contribution < -0.4 is 5.73 Å². The van der Waals surface area contributed by atoms with Crippen molar-refractivity contribution in [3.05, 3.63) is 0 Å². The first-order valence-corrected chi connectivity index (χ1v) is 6.22. The molecule has 0 spiro atoms. The average Bonchev–Trinajstić information content (AvgIpc) is 3.02. The van der Waals surface area contributed by atoms with E-state index in [2.05, 4.69) is 0 Å². The van der Waals surface area contributed by atoms with Crippen LogP contribution in [0.5, 0.6) is 0 Å². The van der Waals surface area contributed by atoms with Crippen molar-refractivity contribution in [1.29, 1.82) is 0 Å². The Hall–Kier alpha value is -0.0800. The Kier molecular flexibility index (Phi) is 3.82. The Morgan fingerprint density at radius 3 is 2.50 bits per heavy atom. The maximum atomic E-state index is 6.01. The molecule has 0 saturated heterocycles. The maximum absolute atomic E-state index is 6.01. The van der Waals surface area contributed by atoms with Gasteiger partial charge in [-0.2, -0.15) is 0 Å². The van der Waals surface area contributed by atoms with Crippen LogP contribution in [0.15, 0.2) is 0 Å². The van der Waals surface area contributed by atoms with Gasteiger partial charge in [0.25, 0.3) is 0 Å². The van der Waals surface area contributed by atoms with E-state index in [-0.39, 0.29) is 0 Å². The summed E-state index contributed by atoms with van der Waals surface area (Å²) in [5.41, 5.74) is 5.81. The van der Waals surface area contributed by atoms with Gasteiger partial charge in [-0.05, 0) is 44.1 Å². The molecule has 2 heteroatoms. The lowest BCUT2D eigenvalue weighted by Gasteiger charge is -2.24. The minimum atomic E-state index is 0.475. The smallest absolute Gasteiger partial charge is 0.0615 e. The van der Waals surface area contributed by atoms with E-state index in [1.54, 1.807) is 0 Å². The SMILES string of the molecule is NCC1CCCCCC1OCC1CC1.